The van der Waals surface area contributed by atoms with E-state index in [4.69, 9.17) is 5.11 Å². The van der Waals surface area contributed by atoms with Crippen molar-refractivity contribution in [3.8, 4) is 0 Å². The Balaban J connectivity index is 1.72. The molecule has 7 heteroatoms. The lowest BCUT2D eigenvalue weighted by atomic mass is 9.70. The summed E-state index contributed by atoms with van der Waals surface area (Å²) in [6.07, 6.45) is 7.83. The zero-order valence-electron chi connectivity index (χ0n) is 12.3. The summed E-state index contributed by atoms with van der Waals surface area (Å²) in [6, 6.07) is 1.31. The maximum atomic E-state index is 12.5. The number of hydrogen-bond acceptors (Lipinski definition) is 4. The Morgan fingerprint density at radius 3 is 2.64 bits per heavy atom. The average Bonchev–Trinajstić information content (AvgIpc) is 2.97. The number of rotatable bonds is 4. The molecule has 2 fully saturated rings. The van der Waals surface area contributed by atoms with Gasteiger partial charge >= 0.3 is 5.97 Å². The minimum atomic E-state index is -3.75. The van der Waals surface area contributed by atoms with Crippen LogP contribution in [0.5, 0.6) is 0 Å². The van der Waals surface area contributed by atoms with Crippen LogP contribution in [0.2, 0.25) is 0 Å². The van der Waals surface area contributed by atoms with Gasteiger partial charge in [0.2, 0.25) is 10.0 Å². The number of hydrogen-bond donors (Lipinski definition) is 2. The van der Waals surface area contributed by atoms with Gasteiger partial charge in [0.1, 0.15) is 9.77 Å². The minimum Gasteiger partial charge on any atom is -0.477 e. The third kappa shape index (κ3) is 3.21. The highest BCUT2D eigenvalue weighted by molar-refractivity contribution is 7.89. The molecule has 0 aliphatic heterocycles. The van der Waals surface area contributed by atoms with Gasteiger partial charge in [-0.1, -0.05) is 25.7 Å². The fourth-order valence-corrected chi connectivity index (χ4v) is 6.47. The molecule has 0 spiro atoms. The molecule has 3 atom stereocenters. The van der Waals surface area contributed by atoms with Gasteiger partial charge in [-0.3, -0.25) is 0 Å². The van der Waals surface area contributed by atoms with E-state index in [0.717, 1.165) is 36.5 Å². The van der Waals surface area contributed by atoms with Crippen LogP contribution in [0.3, 0.4) is 0 Å². The first-order chi connectivity index (χ1) is 10.5. The van der Waals surface area contributed by atoms with Crippen molar-refractivity contribution < 1.29 is 18.3 Å². The summed E-state index contributed by atoms with van der Waals surface area (Å²) in [6.45, 7) is 0. The molecule has 122 valence electrons. The number of carboxylic acids is 1. The van der Waals surface area contributed by atoms with Crippen molar-refractivity contribution in [3.63, 3.8) is 0 Å². The van der Waals surface area contributed by atoms with Crippen molar-refractivity contribution in [2.75, 3.05) is 0 Å². The van der Waals surface area contributed by atoms with Crippen molar-refractivity contribution in [1.29, 1.82) is 0 Å². The molecule has 0 aromatic carbocycles. The number of carbonyl (C=O) groups is 1. The van der Waals surface area contributed by atoms with Gasteiger partial charge < -0.3 is 5.11 Å². The zero-order valence-corrected chi connectivity index (χ0v) is 14.0. The number of thiophene rings is 1. The number of aromatic carboxylic acids is 1. The van der Waals surface area contributed by atoms with Crippen LogP contribution in [0.1, 0.15) is 54.6 Å². The lowest BCUT2D eigenvalue weighted by molar-refractivity contribution is 0.0698. The summed E-state index contributed by atoms with van der Waals surface area (Å²) < 4.78 is 27.7. The highest BCUT2D eigenvalue weighted by Crippen LogP contribution is 2.40. The monoisotopic (exact) mass is 343 g/mol. The van der Waals surface area contributed by atoms with Gasteiger partial charge in [-0.05, 0) is 42.5 Å². The summed E-state index contributed by atoms with van der Waals surface area (Å²) in [5.41, 5.74) is 0. The molecule has 2 aliphatic carbocycles. The van der Waals surface area contributed by atoms with E-state index in [1.54, 1.807) is 0 Å². The molecule has 1 heterocycles. The summed E-state index contributed by atoms with van der Waals surface area (Å²) in [7, 11) is -3.75. The van der Waals surface area contributed by atoms with E-state index in [1.165, 1.54) is 37.1 Å². The molecule has 0 radical (unpaired) electrons. The van der Waals surface area contributed by atoms with E-state index in [9.17, 15) is 13.2 Å². The Labute approximate surface area is 134 Å². The third-order valence-corrected chi connectivity index (χ3v) is 7.57. The van der Waals surface area contributed by atoms with Crippen LogP contribution in [0.25, 0.3) is 0 Å². The first-order valence-electron chi connectivity index (χ1n) is 7.80. The van der Waals surface area contributed by atoms with Crippen molar-refractivity contribution in [2.45, 2.75) is 55.9 Å². The normalized spacial score (nSPS) is 29.0. The molecular formula is C15H21NO4S2. The summed E-state index contributed by atoms with van der Waals surface area (Å²) >= 11 is 0.946. The SMILES string of the molecule is O=C(O)c1sccc1S(=O)(=O)N[C@@H]1CC[C@H]2CCCC[C@@H]2C1. The maximum Gasteiger partial charge on any atom is 0.347 e. The number of nitrogens with one attached hydrogen (secondary N) is 1. The van der Waals surface area contributed by atoms with Gasteiger partial charge in [-0.25, -0.2) is 17.9 Å². The Kier molecular flexibility index (Phi) is 4.56. The molecule has 1 aromatic rings. The molecule has 0 saturated heterocycles. The molecule has 1 aromatic heterocycles. The van der Waals surface area contributed by atoms with Crippen molar-refractivity contribution in [2.24, 2.45) is 11.8 Å². The van der Waals surface area contributed by atoms with Crippen LogP contribution >= 0.6 is 11.3 Å². The molecule has 2 aliphatic rings. The van der Waals surface area contributed by atoms with E-state index < -0.39 is 16.0 Å². The standard InChI is InChI=1S/C15H21NO4S2/c17-15(18)14-13(7-8-21-14)22(19,20)16-12-6-5-10-3-1-2-4-11(10)9-12/h7-8,10-12,16H,1-6,9H2,(H,17,18)/t10-,11-,12-/m1/s1. The Morgan fingerprint density at radius 2 is 1.91 bits per heavy atom. The summed E-state index contributed by atoms with van der Waals surface area (Å²) in [5.74, 6) is 0.188. The van der Waals surface area contributed by atoms with E-state index in [1.807, 2.05) is 0 Å². The van der Waals surface area contributed by atoms with E-state index in [0.29, 0.717) is 5.92 Å². The highest BCUT2D eigenvalue weighted by atomic mass is 32.2. The Morgan fingerprint density at radius 1 is 1.18 bits per heavy atom. The molecule has 0 bridgehead atoms. The van der Waals surface area contributed by atoms with Gasteiger partial charge in [0.05, 0.1) is 0 Å². The largest absolute Gasteiger partial charge is 0.477 e. The zero-order chi connectivity index (χ0) is 15.7. The molecule has 5 nitrogen and oxygen atoms in total. The molecular weight excluding hydrogens is 322 g/mol. The van der Waals surface area contributed by atoms with Gasteiger partial charge in [0.15, 0.2) is 0 Å². The Bertz CT molecular complexity index is 652. The van der Waals surface area contributed by atoms with E-state index in [2.05, 4.69) is 4.72 Å². The van der Waals surface area contributed by atoms with Crippen LogP contribution in [0, 0.1) is 11.8 Å². The Hall–Kier alpha value is -0.920. The van der Waals surface area contributed by atoms with Crippen molar-refractivity contribution >= 4 is 27.3 Å². The van der Waals surface area contributed by atoms with Crippen LogP contribution < -0.4 is 4.72 Å². The topological polar surface area (TPSA) is 83.5 Å². The first kappa shape index (κ1) is 16.0. The van der Waals surface area contributed by atoms with Crippen LogP contribution in [-0.4, -0.2) is 25.5 Å². The quantitative estimate of drug-likeness (QED) is 0.880. The van der Waals surface area contributed by atoms with Crippen molar-refractivity contribution in [1.82, 2.24) is 4.72 Å². The average molecular weight is 343 g/mol. The van der Waals surface area contributed by atoms with Gasteiger partial charge in [0, 0.05) is 6.04 Å². The summed E-state index contributed by atoms with van der Waals surface area (Å²) in [5, 5.41) is 10.6. The van der Waals surface area contributed by atoms with Gasteiger partial charge in [-0.15, -0.1) is 11.3 Å². The van der Waals surface area contributed by atoms with Crippen molar-refractivity contribution in [3.05, 3.63) is 16.3 Å². The highest BCUT2D eigenvalue weighted by Gasteiger charge is 2.35. The smallest absolute Gasteiger partial charge is 0.347 e. The molecule has 2 N–H and O–H groups in total. The van der Waals surface area contributed by atoms with Crippen LogP contribution in [0.4, 0.5) is 0 Å². The van der Waals surface area contributed by atoms with E-state index in [-0.39, 0.29) is 15.8 Å². The molecule has 22 heavy (non-hydrogen) atoms. The molecule has 2 saturated carbocycles. The van der Waals surface area contributed by atoms with Crippen LogP contribution in [0.15, 0.2) is 16.3 Å². The first-order valence-corrected chi connectivity index (χ1v) is 10.2. The minimum absolute atomic E-state index is 0.0640. The molecule has 0 unspecified atom stereocenters. The predicted molar refractivity (Wildman–Crippen MR) is 84.7 cm³/mol. The lowest BCUT2D eigenvalue weighted by Crippen LogP contribution is -2.41. The fourth-order valence-electron chi connectivity index (χ4n) is 3.93. The lowest BCUT2D eigenvalue weighted by Gasteiger charge is -2.39. The summed E-state index contributed by atoms with van der Waals surface area (Å²) in [4.78, 5) is 10.9. The fraction of sp³-hybridized carbons (Fsp3) is 0.667. The van der Waals surface area contributed by atoms with Crippen LogP contribution in [-0.2, 0) is 10.0 Å². The third-order valence-electron chi connectivity index (χ3n) is 4.97. The second kappa shape index (κ2) is 6.29. The van der Waals surface area contributed by atoms with Gasteiger partial charge in [0.25, 0.3) is 0 Å². The number of carboxylic acid groups (broad SMARTS) is 1. The van der Waals surface area contributed by atoms with E-state index >= 15 is 0 Å². The number of sulfonamides is 1. The molecule has 0 amide bonds. The van der Waals surface area contributed by atoms with Gasteiger partial charge in [-0.2, -0.15) is 0 Å². The maximum absolute atomic E-state index is 12.5. The second-order valence-corrected chi connectivity index (χ2v) is 8.95. The predicted octanol–water partition coefficient (Wildman–Crippen LogP) is 3.08. The number of fused-ring (bicyclic) bond motifs is 1. The second-order valence-electron chi connectivity index (χ2n) is 6.36. The molecule has 3 rings (SSSR count).